The summed E-state index contributed by atoms with van der Waals surface area (Å²) in [5.74, 6) is 1.32. The second kappa shape index (κ2) is 5.14. The predicted molar refractivity (Wildman–Crippen MR) is 81.6 cm³/mol. The molecule has 3 nitrogen and oxygen atoms in total. The summed E-state index contributed by atoms with van der Waals surface area (Å²) in [5, 5.41) is 0.720. The number of rotatable bonds is 3. The summed E-state index contributed by atoms with van der Waals surface area (Å²) in [4.78, 5) is 4.73. The van der Waals surface area contributed by atoms with Crippen LogP contribution in [-0.4, -0.2) is 16.1 Å². The van der Waals surface area contributed by atoms with Crippen LogP contribution in [-0.2, 0) is 7.05 Å². The summed E-state index contributed by atoms with van der Waals surface area (Å²) in [5.41, 5.74) is 8.23. The van der Waals surface area contributed by atoms with Crippen molar-refractivity contribution < 1.29 is 0 Å². The molecule has 1 heterocycles. The number of nitrogens with zero attached hydrogens (tertiary/aromatic N) is 2. The van der Waals surface area contributed by atoms with Gasteiger partial charge in [0.15, 0.2) is 0 Å². The van der Waals surface area contributed by atoms with Gasteiger partial charge in [0.2, 0.25) is 0 Å². The molecule has 0 aliphatic carbocycles. The third-order valence-electron chi connectivity index (χ3n) is 3.39. The quantitative estimate of drug-likeness (QED) is 0.931. The van der Waals surface area contributed by atoms with Gasteiger partial charge in [-0.2, -0.15) is 0 Å². The van der Waals surface area contributed by atoms with E-state index in [2.05, 4.69) is 25.3 Å². The molecule has 2 N–H and O–H groups in total. The largest absolute Gasteiger partial charge is 0.331 e. The smallest absolute Gasteiger partial charge is 0.114 e. The van der Waals surface area contributed by atoms with Gasteiger partial charge in [-0.25, -0.2) is 4.98 Å². The molecule has 2 rings (SSSR count). The van der Waals surface area contributed by atoms with E-state index in [1.807, 2.05) is 25.2 Å². The van der Waals surface area contributed by atoms with E-state index >= 15 is 0 Å². The lowest BCUT2D eigenvalue weighted by Crippen LogP contribution is -2.22. The summed E-state index contributed by atoms with van der Waals surface area (Å²) in [6.07, 6.45) is 1.02. The summed E-state index contributed by atoms with van der Waals surface area (Å²) >= 11 is 6.03. The molecule has 0 aliphatic heterocycles. The molecule has 1 aromatic heterocycles. The van der Waals surface area contributed by atoms with Gasteiger partial charge in [0.25, 0.3) is 0 Å². The van der Waals surface area contributed by atoms with Crippen LogP contribution in [0.1, 0.15) is 38.9 Å². The third-order valence-corrected chi connectivity index (χ3v) is 3.62. The Morgan fingerprint density at radius 3 is 2.63 bits per heavy atom. The first-order chi connectivity index (χ1) is 8.81. The monoisotopic (exact) mass is 279 g/mol. The minimum atomic E-state index is 0.236. The Labute approximate surface area is 119 Å². The summed E-state index contributed by atoms with van der Waals surface area (Å²) in [6.45, 7) is 7.31. The summed E-state index contributed by atoms with van der Waals surface area (Å²) < 4.78 is 2.13. The Hall–Kier alpha value is -1.06. The number of nitrogens with two attached hydrogens (primary N) is 1. The van der Waals surface area contributed by atoms with E-state index in [0.717, 1.165) is 28.3 Å². The lowest BCUT2D eigenvalue weighted by Gasteiger charge is -2.24. The van der Waals surface area contributed by atoms with Gasteiger partial charge in [-0.15, -0.1) is 0 Å². The number of hydrogen-bond acceptors (Lipinski definition) is 2. The number of halogens is 1. The van der Waals surface area contributed by atoms with E-state index in [1.54, 1.807) is 0 Å². The van der Waals surface area contributed by atoms with E-state index in [4.69, 9.17) is 22.3 Å². The highest BCUT2D eigenvalue weighted by molar-refractivity contribution is 6.31. The molecule has 2 aromatic rings. The zero-order valence-corrected chi connectivity index (χ0v) is 12.8. The van der Waals surface area contributed by atoms with Crippen LogP contribution in [0, 0.1) is 5.41 Å². The predicted octanol–water partition coefficient (Wildman–Crippen LogP) is 3.71. The molecular weight excluding hydrogens is 258 g/mol. The second-order valence-corrected chi connectivity index (χ2v) is 6.80. The van der Waals surface area contributed by atoms with Gasteiger partial charge >= 0.3 is 0 Å². The molecule has 0 fully saturated rings. The molecule has 0 saturated heterocycles. The summed E-state index contributed by atoms with van der Waals surface area (Å²) in [7, 11) is 2.05. The van der Waals surface area contributed by atoms with Crippen molar-refractivity contribution in [2.45, 2.75) is 33.1 Å². The highest BCUT2D eigenvalue weighted by Gasteiger charge is 2.23. The number of aromatic nitrogens is 2. The van der Waals surface area contributed by atoms with Gasteiger partial charge in [-0.05, 0) is 30.0 Å². The average Bonchev–Trinajstić information content (AvgIpc) is 2.62. The van der Waals surface area contributed by atoms with Gasteiger partial charge in [-0.3, -0.25) is 0 Å². The molecule has 104 valence electrons. The minimum Gasteiger partial charge on any atom is -0.331 e. The van der Waals surface area contributed by atoms with E-state index in [9.17, 15) is 0 Å². The van der Waals surface area contributed by atoms with Crippen molar-refractivity contribution in [3.05, 3.63) is 29.0 Å². The Kier molecular flexibility index (Phi) is 3.88. The van der Waals surface area contributed by atoms with Crippen molar-refractivity contribution in [2.75, 3.05) is 6.54 Å². The van der Waals surface area contributed by atoms with Gasteiger partial charge in [0.1, 0.15) is 5.82 Å². The maximum atomic E-state index is 6.03. The van der Waals surface area contributed by atoms with Crippen LogP contribution in [0.5, 0.6) is 0 Å². The first kappa shape index (κ1) is 14.4. The molecule has 0 saturated carbocycles. The van der Waals surface area contributed by atoms with Crippen molar-refractivity contribution in [3.8, 4) is 0 Å². The Morgan fingerprint density at radius 2 is 2.05 bits per heavy atom. The molecule has 0 spiro atoms. The van der Waals surface area contributed by atoms with Gasteiger partial charge in [-0.1, -0.05) is 32.4 Å². The van der Waals surface area contributed by atoms with Crippen molar-refractivity contribution in [1.29, 1.82) is 0 Å². The molecule has 0 amide bonds. The van der Waals surface area contributed by atoms with Crippen LogP contribution in [0.2, 0.25) is 5.02 Å². The first-order valence-electron chi connectivity index (χ1n) is 6.64. The highest BCUT2D eigenvalue weighted by Crippen LogP contribution is 2.31. The number of benzene rings is 1. The fourth-order valence-corrected chi connectivity index (χ4v) is 2.74. The second-order valence-electron chi connectivity index (χ2n) is 6.36. The molecule has 0 bridgehead atoms. The normalized spacial score (nSPS) is 14.0. The number of hydrogen-bond donors (Lipinski definition) is 1. The molecule has 1 unspecified atom stereocenters. The van der Waals surface area contributed by atoms with Crippen LogP contribution in [0.15, 0.2) is 18.2 Å². The van der Waals surface area contributed by atoms with Crippen molar-refractivity contribution in [1.82, 2.24) is 9.55 Å². The molecule has 0 aliphatic rings. The van der Waals surface area contributed by atoms with Crippen LogP contribution < -0.4 is 5.73 Å². The number of aryl methyl sites for hydroxylation is 1. The first-order valence-corrected chi connectivity index (χ1v) is 7.01. The van der Waals surface area contributed by atoms with Gasteiger partial charge < -0.3 is 10.3 Å². The van der Waals surface area contributed by atoms with E-state index < -0.39 is 0 Å². The fourth-order valence-electron chi connectivity index (χ4n) is 2.58. The van der Waals surface area contributed by atoms with Crippen LogP contribution in [0.3, 0.4) is 0 Å². The number of imidazole rings is 1. The molecule has 1 aromatic carbocycles. The minimum absolute atomic E-state index is 0.236. The third kappa shape index (κ3) is 3.10. The van der Waals surface area contributed by atoms with Crippen LogP contribution >= 0.6 is 11.6 Å². The van der Waals surface area contributed by atoms with Gasteiger partial charge in [0, 0.05) is 24.5 Å². The standard InChI is InChI=1S/C15H22ClN3/c1-15(2,3)8-10(9-17)14-18-12-7-11(16)5-6-13(12)19(14)4/h5-7,10H,8-9,17H2,1-4H3. The van der Waals surface area contributed by atoms with E-state index in [0.29, 0.717) is 6.54 Å². The molecule has 0 radical (unpaired) electrons. The maximum absolute atomic E-state index is 6.03. The molecule has 4 heteroatoms. The Bertz CT molecular complexity index is 581. The fraction of sp³-hybridized carbons (Fsp3) is 0.533. The molecule has 19 heavy (non-hydrogen) atoms. The van der Waals surface area contributed by atoms with Crippen molar-refractivity contribution in [3.63, 3.8) is 0 Å². The zero-order chi connectivity index (χ0) is 14.2. The van der Waals surface area contributed by atoms with Crippen LogP contribution in [0.25, 0.3) is 11.0 Å². The maximum Gasteiger partial charge on any atom is 0.114 e. The molecule has 1 atom stereocenters. The Balaban J connectivity index is 2.46. The SMILES string of the molecule is Cn1c(C(CN)CC(C)(C)C)nc2cc(Cl)ccc21. The topological polar surface area (TPSA) is 43.8 Å². The van der Waals surface area contributed by atoms with Crippen molar-refractivity contribution in [2.24, 2.45) is 18.2 Å². The van der Waals surface area contributed by atoms with Crippen molar-refractivity contribution >= 4 is 22.6 Å². The zero-order valence-electron chi connectivity index (χ0n) is 12.1. The van der Waals surface area contributed by atoms with Crippen LogP contribution in [0.4, 0.5) is 0 Å². The van der Waals surface area contributed by atoms with E-state index in [-0.39, 0.29) is 11.3 Å². The van der Waals surface area contributed by atoms with Gasteiger partial charge in [0.05, 0.1) is 11.0 Å². The molecular formula is C15H22ClN3. The lowest BCUT2D eigenvalue weighted by molar-refractivity contribution is 0.333. The Morgan fingerprint density at radius 1 is 1.37 bits per heavy atom. The lowest BCUT2D eigenvalue weighted by atomic mass is 9.84. The average molecular weight is 280 g/mol. The summed E-state index contributed by atoms with van der Waals surface area (Å²) in [6, 6.07) is 5.82. The van der Waals surface area contributed by atoms with E-state index in [1.165, 1.54) is 0 Å². The number of fused-ring (bicyclic) bond motifs is 1. The highest BCUT2D eigenvalue weighted by atomic mass is 35.5.